The lowest BCUT2D eigenvalue weighted by molar-refractivity contribution is 0.332. The monoisotopic (exact) mass is 598 g/mol. The zero-order valence-corrected chi connectivity index (χ0v) is 15.4. The van der Waals surface area contributed by atoms with Crippen molar-refractivity contribution in [3.63, 3.8) is 0 Å². The van der Waals surface area contributed by atoms with Crippen LogP contribution in [0.1, 0.15) is 0 Å². The summed E-state index contributed by atoms with van der Waals surface area (Å²) in [6, 6.07) is 1.49. The Morgan fingerprint density at radius 1 is 1.29 bits per heavy atom. The fourth-order valence-electron chi connectivity index (χ4n) is 0.913. The maximum absolute atomic E-state index is 13.5. The number of benzene rings is 1. The van der Waals surface area contributed by atoms with Crippen molar-refractivity contribution >= 4 is 77.9 Å². The highest BCUT2D eigenvalue weighted by Gasteiger charge is 2.15. The molecular weight excluding hydrogens is 592 g/mol. The molecule has 0 atom stereocenters. The van der Waals surface area contributed by atoms with Crippen LogP contribution in [0.5, 0.6) is 5.75 Å². The fraction of sp³-hybridized carbons (Fsp3) is 0.250. The van der Waals surface area contributed by atoms with Crippen molar-refractivity contribution in [2.75, 3.05) is 12.4 Å². The van der Waals surface area contributed by atoms with Gasteiger partial charge in [-0.25, -0.2) is 4.39 Å². The van der Waals surface area contributed by atoms with Crippen LogP contribution in [0.4, 0.5) is 4.39 Å². The van der Waals surface area contributed by atoms with Gasteiger partial charge in [-0.3, -0.25) is 4.55 Å². The van der Waals surface area contributed by atoms with E-state index in [4.69, 9.17) is 9.29 Å². The highest BCUT2D eigenvalue weighted by molar-refractivity contribution is 14.1. The topological polar surface area (TPSA) is 63.6 Å². The van der Waals surface area contributed by atoms with E-state index >= 15 is 0 Å². The first-order chi connectivity index (χ1) is 7.72. The van der Waals surface area contributed by atoms with Gasteiger partial charge in [0.15, 0.2) is 5.82 Å². The van der Waals surface area contributed by atoms with E-state index in [0.717, 1.165) is 0 Å². The van der Waals surface area contributed by atoms with Gasteiger partial charge < -0.3 is 4.74 Å². The summed E-state index contributed by atoms with van der Waals surface area (Å²) in [5.41, 5.74) is 0. The third-order valence-electron chi connectivity index (χ3n) is 1.67. The Hall–Kier alpha value is 1.05. The average molecular weight is 598 g/mol. The number of hydrogen-bond acceptors (Lipinski definition) is 3. The summed E-state index contributed by atoms with van der Waals surface area (Å²) in [5.74, 6) is -0.407. The summed E-state index contributed by atoms with van der Waals surface area (Å²) in [4.78, 5) is 0. The van der Waals surface area contributed by atoms with Crippen LogP contribution < -0.4 is 4.74 Å². The van der Waals surface area contributed by atoms with E-state index in [-0.39, 0.29) is 12.4 Å². The average Bonchev–Trinajstić information content (AvgIpc) is 2.21. The van der Waals surface area contributed by atoms with Crippen LogP contribution >= 0.6 is 67.8 Å². The first kappa shape index (κ1) is 16.1. The van der Waals surface area contributed by atoms with Crippen molar-refractivity contribution in [3.8, 4) is 5.75 Å². The molecule has 9 heteroatoms. The summed E-state index contributed by atoms with van der Waals surface area (Å²) in [6.07, 6.45) is 0. The number of hydrogen-bond donors (Lipinski definition) is 1. The molecule has 0 heterocycles. The van der Waals surface area contributed by atoms with E-state index in [2.05, 4.69) is 0 Å². The van der Waals surface area contributed by atoms with Gasteiger partial charge in [0.1, 0.15) is 18.1 Å². The van der Waals surface area contributed by atoms with Crippen molar-refractivity contribution in [1.82, 2.24) is 0 Å². The first-order valence-electron chi connectivity index (χ1n) is 4.13. The SMILES string of the molecule is O=S(=O)(O)CCOc1cc(I)c(F)c(I)c1I. The van der Waals surface area contributed by atoms with Gasteiger partial charge in [0.2, 0.25) is 0 Å². The summed E-state index contributed by atoms with van der Waals surface area (Å²) in [6.45, 7) is -0.174. The van der Waals surface area contributed by atoms with Crippen LogP contribution in [0, 0.1) is 16.5 Å². The second-order valence-electron chi connectivity index (χ2n) is 2.93. The molecule has 1 aromatic rings. The maximum Gasteiger partial charge on any atom is 0.268 e. The van der Waals surface area contributed by atoms with Crippen LogP contribution in [0.25, 0.3) is 0 Å². The molecule has 0 aliphatic heterocycles. The molecule has 0 radical (unpaired) electrons. The van der Waals surface area contributed by atoms with Crippen LogP contribution in [0.3, 0.4) is 0 Å². The predicted octanol–water partition coefficient (Wildman–Crippen LogP) is 2.91. The zero-order valence-electron chi connectivity index (χ0n) is 8.08. The number of rotatable bonds is 4. The molecule has 0 saturated heterocycles. The molecule has 0 aromatic heterocycles. The van der Waals surface area contributed by atoms with E-state index in [9.17, 15) is 12.8 Å². The Balaban J connectivity index is 2.86. The van der Waals surface area contributed by atoms with Crippen molar-refractivity contribution in [3.05, 3.63) is 22.6 Å². The third kappa shape index (κ3) is 4.91. The quantitative estimate of drug-likeness (QED) is 0.251. The summed E-state index contributed by atoms with van der Waals surface area (Å²) in [5, 5.41) is 0. The van der Waals surface area contributed by atoms with E-state index in [1.165, 1.54) is 6.07 Å². The van der Waals surface area contributed by atoms with E-state index in [1.807, 2.05) is 67.8 Å². The van der Waals surface area contributed by atoms with Crippen molar-refractivity contribution < 1.29 is 22.1 Å². The smallest absolute Gasteiger partial charge is 0.268 e. The number of halogens is 4. The summed E-state index contributed by atoms with van der Waals surface area (Å²) >= 11 is 5.60. The van der Waals surface area contributed by atoms with Crippen LogP contribution in [0.2, 0.25) is 0 Å². The molecule has 4 nitrogen and oxygen atoms in total. The van der Waals surface area contributed by atoms with Gasteiger partial charge in [-0.15, -0.1) is 0 Å². The van der Waals surface area contributed by atoms with Gasteiger partial charge in [-0.1, -0.05) is 0 Å². The summed E-state index contributed by atoms with van der Waals surface area (Å²) < 4.78 is 49.6. The van der Waals surface area contributed by atoms with Gasteiger partial charge in [0, 0.05) is 0 Å². The van der Waals surface area contributed by atoms with Crippen molar-refractivity contribution in [2.24, 2.45) is 0 Å². The molecule has 17 heavy (non-hydrogen) atoms. The molecular formula is C8H6FI3O4S. The molecule has 1 rings (SSSR count). The molecule has 1 aromatic carbocycles. The number of ether oxygens (including phenoxy) is 1. The van der Waals surface area contributed by atoms with Crippen LogP contribution in [0.15, 0.2) is 6.07 Å². The molecule has 0 saturated carbocycles. The Morgan fingerprint density at radius 2 is 1.88 bits per heavy atom. The highest BCUT2D eigenvalue weighted by atomic mass is 127. The lowest BCUT2D eigenvalue weighted by Crippen LogP contribution is -2.13. The Kier molecular flexibility index (Phi) is 6.13. The van der Waals surface area contributed by atoms with Gasteiger partial charge in [-0.2, -0.15) is 8.42 Å². The van der Waals surface area contributed by atoms with Gasteiger partial charge >= 0.3 is 0 Å². The largest absolute Gasteiger partial charge is 0.491 e. The van der Waals surface area contributed by atoms with Crippen LogP contribution in [-0.2, 0) is 10.1 Å². The Labute approximate surface area is 139 Å². The van der Waals surface area contributed by atoms with Crippen LogP contribution in [-0.4, -0.2) is 25.3 Å². The molecule has 0 aliphatic rings. The molecule has 96 valence electrons. The first-order valence-corrected chi connectivity index (χ1v) is 8.98. The van der Waals surface area contributed by atoms with Crippen molar-refractivity contribution in [2.45, 2.75) is 0 Å². The molecule has 0 spiro atoms. The zero-order chi connectivity index (χ0) is 13.2. The minimum Gasteiger partial charge on any atom is -0.491 e. The molecule has 0 bridgehead atoms. The summed E-state index contributed by atoms with van der Waals surface area (Å²) in [7, 11) is -4.04. The maximum atomic E-state index is 13.5. The molecule has 0 fully saturated rings. The van der Waals surface area contributed by atoms with E-state index < -0.39 is 15.9 Å². The Morgan fingerprint density at radius 3 is 2.41 bits per heavy atom. The lowest BCUT2D eigenvalue weighted by Gasteiger charge is -2.10. The fourth-order valence-corrected chi connectivity index (χ4v) is 3.38. The molecule has 1 N–H and O–H groups in total. The Bertz CT molecular complexity index is 532. The van der Waals surface area contributed by atoms with E-state index in [1.54, 1.807) is 0 Å². The second kappa shape index (κ2) is 6.47. The van der Waals surface area contributed by atoms with Gasteiger partial charge in [0.25, 0.3) is 10.1 Å². The second-order valence-corrected chi connectivity index (χ2v) is 7.82. The third-order valence-corrected chi connectivity index (χ3v) is 6.25. The van der Waals surface area contributed by atoms with Gasteiger partial charge in [0.05, 0.1) is 10.7 Å². The lowest BCUT2D eigenvalue weighted by atomic mass is 10.3. The molecule has 0 amide bonds. The highest BCUT2D eigenvalue weighted by Crippen LogP contribution is 2.31. The van der Waals surface area contributed by atoms with Crippen molar-refractivity contribution in [1.29, 1.82) is 0 Å². The molecule has 0 unspecified atom stereocenters. The normalized spacial score (nSPS) is 11.6. The molecule has 0 aliphatic carbocycles. The predicted molar refractivity (Wildman–Crippen MR) is 86.5 cm³/mol. The van der Waals surface area contributed by atoms with E-state index in [0.29, 0.717) is 16.5 Å². The minimum atomic E-state index is -4.04. The minimum absolute atomic E-state index is 0.174. The standard InChI is InChI=1S/C8H6FI3O4S/c9-6-4(10)3-5(7(11)8(6)12)16-1-2-17(13,14)15/h3H,1-2H2,(H,13,14,15). The van der Waals surface area contributed by atoms with Gasteiger partial charge in [-0.05, 0) is 73.8 Å².